The molecule has 0 aliphatic heterocycles. The van der Waals surface area contributed by atoms with Gasteiger partial charge in [0.25, 0.3) is 0 Å². The number of fused-ring (bicyclic) bond motifs is 1. The monoisotopic (exact) mass is 251 g/mol. The van der Waals surface area contributed by atoms with Gasteiger partial charge in [-0.05, 0) is 17.5 Å². The zero-order valence-electron chi connectivity index (χ0n) is 10.2. The minimum atomic E-state index is 0.442. The van der Waals surface area contributed by atoms with Crippen molar-refractivity contribution in [3.63, 3.8) is 0 Å². The highest BCUT2D eigenvalue weighted by Gasteiger charge is 1.95. The van der Waals surface area contributed by atoms with E-state index in [1.807, 2.05) is 18.3 Å². The molecule has 0 aliphatic carbocycles. The number of H-pyrrole nitrogens is 1. The number of rotatable bonds is 2. The maximum absolute atomic E-state index is 10.2. The number of carbonyl (C=O) groups excluding carboxylic acids is 2. The average Bonchev–Trinajstić information content (AvgIpc) is 2.96. The van der Waals surface area contributed by atoms with E-state index < -0.39 is 0 Å². The van der Waals surface area contributed by atoms with E-state index in [0.717, 1.165) is 0 Å². The molecule has 3 heteroatoms. The fourth-order valence-electron chi connectivity index (χ4n) is 1.72. The van der Waals surface area contributed by atoms with Gasteiger partial charge in [0.15, 0.2) is 12.6 Å². The Labute approximate surface area is 110 Å². The Hall–Kier alpha value is -2.68. The van der Waals surface area contributed by atoms with Gasteiger partial charge in [0.05, 0.1) is 0 Å². The molecule has 1 aromatic heterocycles. The van der Waals surface area contributed by atoms with E-state index in [1.54, 1.807) is 24.3 Å². The average molecular weight is 251 g/mol. The third kappa shape index (κ3) is 3.16. The van der Waals surface area contributed by atoms with Crippen molar-refractivity contribution >= 4 is 23.5 Å². The van der Waals surface area contributed by atoms with E-state index in [-0.39, 0.29) is 0 Å². The van der Waals surface area contributed by atoms with E-state index in [9.17, 15) is 9.59 Å². The van der Waals surface area contributed by atoms with E-state index in [0.29, 0.717) is 23.7 Å². The summed E-state index contributed by atoms with van der Waals surface area (Å²) in [7, 11) is 0. The summed E-state index contributed by atoms with van der Waals surface area (Å²) in [4.78, 5) is 23.6. The smallest absolute Gasteiger partial charge is 0.150 e. The lowest BCUT2D eigenvalue weighted by Crippen LogP contribution is -1.87. The fourth-order valence-corrected chi connectivity index (χ4v) is 1.72. The molecule has 3 aromatic rings. The van der Waals surface area contributed by atoms with Crippen LogP contribution in [0.4, 0.5) is 0 Å². The van der Waals surface area contributed by atoms with Crippen molar-refractivity contribution in [2.75, 3.05) is 0 Å². The molecule has 3 rings (SSSR count). The van der Waals surface area contributed by atoms with Crippen molar-refractivity contribution in [1.29, 1.82) is 0 Å². The molecule has 1 heterocycles. The Bertz CT molecular complexity index is 629. The van der Waals surface area contributed by atoms with Crippen LogP contribution in [-0.2, 0) is 0 Å². The van der Waals surface area contributed by atoms with Gasteiger partial charge in [-0.15, -0.1) is 0 Å². The Morgan fingerprint density at radius 2 is 1.32 bits per heavy atom. The van der Waals surface area contributed by atoms with Crippen LogP contribution in [0.5, 0.6) is 0 Å². The maximum Gasteiger partial charge on any atom is 0.150 e. The zero-order valence-corrected chi connectivity index (χ0v) is 10.2. The van der Waals surface area contributed by atoms with Crippen LogP contribution in [-0.4, -0.2) is 17.6 Å². The Morgan fingerprint density at radius 1 is 0.737 bits per heavy atom. The van der Waals surface area contributed by atoms with Gasteiger partial charge in [0.2, 0.25) is 0 Å². The van der Waals surface area contributed by atoms with Crippen molar-refractivity contribution in [3.05, 3.63) is 71.9 Å². The van der Waals surface area contributed by atoms with Crippen LogP contribution in [0.1, 0.15) is 20.7 Å². The number of benzene rings is 2. The highest BCUT2D eigenvalue weighted by Crippen LogP contribution is 2.09. The number of carbonyl (C=O) groups is 2. The van der Waals surface area contributed by atoms with Gasteiger partial charge in [0, 0.05) is 22.8 Å². The number of nitrogens with one attached hydrogen (secondary N) is 1. The molecule has 0 amide bonds. The van der Waals surface area contributed by atoms with Crippen LogP contribution in [0.3, 0.4) is 0 Å². The van der Waals surface area contributed by atoms with Crippen LogP contribution >= 0.6 is 0 Å². The van der Waals surface area contributed by atoms with E-state index >= 15 is 0 Å². The minimum absolute atomic E-state index is 0.442. The van der Waals surface area contributed by atoms with Crippen molar-refractivity contribution in [2.24, 2.45) is 0 Å². The van der Waals surface area contributed by atoms with Crippen molar-refractivity contribution in [3.8, 4) is 0 Å². The first-order valence-corrected chi connectivity index (χ1v) is 5.86. The van der Waals surface area contributed by atoms with E-state index in [4.69, 9.17) is 0 Å². The Morgan fingerprint density at radius 3 is 1.89 bits per heavy atom. The molecule has 0 saturated carbocycles. The number of aromatic amines is 1. The quantitative estimate of drug-likeness (QED) is 0.709. The molecular formula is C16H13NO2. The summed E-state index contributed by atoms with van der Waals surface area (Å²) in [5.74, 6) is 0. The molecule has 0 fully saturated rings. The normalized spacial score (nSPS) is 9.47. The van der Waals surface area contributed by atoms with Gasteiger partial charge in [-0.3, -0.25) is 9.59 Å². The van der Waals surface area contributed by atoms with Crippen LogP contribution in [0.15, 0.2) is 60.8 Å². The molecule has 0 saturated heterocycles. The number of aldehydes is 2. The summed E-state index contributed by atoms with van der Waals surface area (Å²) in [5, 5.41) is 1.28. The first-order chi connectivity index (χ1) is 9.35. The summed E-state index contributed by atoms with van der Waals surface area (Å²) in [5.41, 5.74) is 2.09. The van der Waals surface area contributed by atoms with E-state index in [2.05, 4.69) is 23.2 Å². The highest BCUT2D eigenvalue weighted by atomic mass is 16.1. The summed E-state index contributed by atoms with van der Waals surface area (Å²) in [6.45, 7) is 0. The summed E-state index contributed by atoms with van der Waals surface area (Å²) in [6, 6.07) is 16.9. The van der Waals surface area contributed by atoms with Crippen molar-refractivity contribution in [1.82, 2.24) is 4.98 Å². The molecule has 0 spiro atoms. The van der Waals surface area contributed by atoms with Crippen LogP contribution in [0, 0.1) is 0 Å². The van der Waals surface area contributed by atoms with Gasteiger partial charge in [0.1, 0.15) is 0 Å². The molecule has 3 nitrogen and oxygen atoms in total. The molecule has 0 radical (unpaired) electrons. The van der Waals surface area contributed by atoms with Gasteiger partial charge < -0.3 is 4.98 Å². The van der Waals surface area contributed by atoms with Gasteiger partial charge in [-0.1, -0.05) is 42.5 Å². The standard InChI is InChI=1S/C8H7N.C8H6O2/c1-2-4-8-7(3-1)5-6-9-8;9-5-7-3-1-2-4-8(7)6-10/h1-6,9H;1-6H. The summed E-state index contributed by atoms with van der Waals surface area (Å²) >= 11 is 0. The van der Waals surface area contributed by atoms with Crippen LogP contribution in [0.2, 0.25) is 0 Å². The lowest BCUT2D eigenvalue weighted by molar-refractivity contribution is 0.109. The maximum atomic E-state index is 10.2. The molecule has 0 unspecified atom stereocenters. The van der Waals surface area contributed by atoms with Crippen molar-refractivity contribution in [2.45, 2.75) is 0 Å². The van der Waals surface area contributed by atoms with Gasteiger partial charge >= 0.3 is 0 Å². The summed E-state index contributed by atoms with van der Waals surface area (Å²) in [6.07, 6.45) is 3.29. The van der Waals surface area contributed by atoms with Crippen molar-refractivity contribution < 1.29 is 9.59 Å². The number of aromatic nitrogens is 1. The molecule has 19 heavy (non-hydrogen) atoms. The third-order valence-electron chi connectivity index (χ3n) is 2.71. The summed E-state index contributed by atoms with van der Waals surface area (Å²) < 4.78 is 0. The first kappa shape index (κ1) is 12.8. The molecule has 94 valence electrons. The number of hydrogen-bond donors (Lipinski definition) is 1. The second-order valence-corrected chi connectivity index (χ2v) is 3.93. The predicted octanol–water partition coefficient (Wildman–Crippen LogP) is 3.48. The number of hydrogen-bond acceptors (Lipinski definition) is 2. The zero-order chi connectivity index (χ0) is 13.5. The Kier molecular flexibility index (Phi) is 4.24. The molecule has 1 N–H and O–H groups in total. The van der Waals surface area contributed by atoms with Gasteiger partial charge in [-0.25, -0.2) is 0 Å². The molecule has 2 aromatic carbocycles. The molecule has 0 atom stereocenters. The SMILES string of the molecule is O=Cc1ccccc1C=O.c1ccc2[nH]ccc2c1. The third-order valence-corrected chi connectivity index (χ3v) is 2.71. The molecular weight excluding hydrogens is 238 g/mol. The second-order valence-electron chi connectivity index (χ2n) is 3.93. The number of para-hydroxylation sites is 1. The fraction of sp³-hybridized carbons (Fsp3) is 0. The first-order valence-electron chi connectivity index (χ1n) is 5.86. The lowest BCUT2D eigenvalue weighted by atomic mass is 10.1. The minimum Gasteiger partial charge on any atom is -0.361 e. The topological polar surface area (TPSA) is 49.9 Å². The largest absolute Gasteiger partial charge is 0.361 e. The van der Waals surface area contributed by atoms with Gasteiger partial charge in [-0.2, -0.15) is 0 Å². The van der Waals surface area contributed by atoms with Crippen LogP contribution in [0.25, 0.3) is 10.9 Å². The van der Waals surface area contributed by atoms with Crippen LogP contribution < -0.4 is 0 Å². The lowest BCUT2D eigenvalue weighted by Gasteiger charge is -1.91. The molecule has 0 bridgehead atoms. The highest BCUT2D eigenvalue weighted by molar-refractivity contribution is 5.90. The second kappa shape index (κ2) is 6.31. The van der Waals surface area contributed by atoms with E-state index in [1.165, 1.54) is 10.9 Å². The molecule has 0 aliphatic rings. The Balaban J connectivity index is 0.000000141. The predicted molar refractivity (Wildman–Crippen MR) is 75.5 cm³/mol.